The first kappa shape index (κ1) is 9.55. The third-order valence-electron chi connectivity index (χ3n) is 2.84. The van der Waals surface area contributed by atoms with E-state index >= 15 is 0 Å². The molecule has 1 aliphatic heterocycles. The quantitative estimate of drug-likeness (QED) is 0.715. The molecule has 0 aromatic carbocycles. The smallest absolute Gasteiger partial charge is 0.119 e. The van der Waals surface area contributed by atoms with Crippen LogP contribution in [0.5, 0.6) is 0 Å². The van der Waals surface area contributed by atoms with Crippen LogP contribution in [0.2, 0.25) is 0 Å². The van der Waals surface area contributed by atoms with E-state index < -0.39 is 5.60 Å². The highest BCUT2D eigenvalue weighted by molar-refractivity contribution is 5.13. The highest BCUT2D eigenvalue weighted by Gasteiger charge is 2.36. The molecule has 4 heteroatoms. The van der Waals surface area contributed by atoms with Gasteiger partial charge in [0.05, 0.1) is 5.69 Å². The predicted molar refractivity (Wildman–Crippen MR) is 52.6 cm³/mol. The van der Waals surface area contributed by atoms with Crippen LogP contribution >= 0.6 is 0 Å². The van der Waals surface area contributed by atoms with Crippen molar-refractivity contribution in [3.05, 3.63) is 24.3 Å². The first-order valence-electron chi connectivity index (χ1n) is 4.93. The van der Waals surface area contributed by atoms with Gasteiger partial charge >= 0.3 is 0 Å². The summed E-state index contributed by atoms with van der Waals surface area (Å²) in [7, 11) is 0. The number of hydrogen-bond acceptors (Lipinski definition) is 4. The fraction of sp³-hybridized carbons (Fsp3) is 0.600. The molecule has 0 amide bonds. The molecule has 76 valence electrons. The molecule has 1 aromatic rings. The summed E-state index contributed by atoms with van der Waals surface area (Å²) < 4.78 is 0. The van der Waals surface area contributed by atoms with Crippen LogP contribution in [-0.2, 0) is 5.60 Å². The Hall–Kier alpha value is -1.00. The minimum Gasteiger partial charge on any atom is -0.382 e. The molecule has 2 N–H and O–H groups in total. The van der Waals surface area contributed by atoms with Crippen LogP contribution in [-0.4, -0.2) is 27.7 Å². The number of hydrogen-bond donors (Lipinski definition) is 2. The molecule has 14 heavy (non-hydrogen) atoms. The summed E-state index contributed by atoms with van der Waals surface area (Å²) in [6.45, 7) is 2.78. The van der Waals surface area contributed by atoms with E-state index in [0.29, 0.717) is 5.69 Å². The molecular formula is C10H15N3O. The van der Waals surface area contributed by atoms with Gasteiger partial charge in [0.25, 0.3) is 0 Å². The molecule has 2 rings (SSSR count). The average Bonchev–Trinajstić information content (AvgIpc) is 2.72. The molecule has 0 saturated carbocycles. The lowest BCUT2D eigenvalue weighted by Crippen LogP contribution is -2.43. The molecule has 4 nitrogen and oxygen atoms in total. The molecule has 1 aliphatic rings. The van der Waals surface area contributed by atoms with Crippen LogP contribution in [0.4, 0.5) is 0 Å². The molecule has 0 spiro atoms. The fourth-order valence-electron chi connectivity index (χ4n) is 1.93. The van der Waals surface area contributed by atoms with Crippen LogP contribution < -0.4 is 5.32 Å². The van der Waals surface area contributed by atoms with Gasteiger partial charge in [0.1, 0.15) is 11.9 Å². The Bertz CT molecular complexity index is 293. The zero-order valence-electron chi connectivity index (χ0n) is 8.27. The Morgan fingerprint density at radius 2 is 2.50 bits per heavy atom. The van der Waals surface area contributed by atoms with Crippen molar-refractivity contribution in [2.45, 2.75) is 31.4 Å². The number of rotatable bonds is 2. The summed E-state index contributed by atoms with van der Waals surface area (Å²) in [6.07, 6.45) is 5.24. The number of nitrogens with zero attached hydrogens (tertiary/aromatic N) is 2. The van der Waals surface area contributed by atoms with Gasteiger partial charge in [-0.15, -0.1) is 0 Å². The Morgan fingerprint density at radius 1 is 1.64 bits per heavy atom. The summed E-state index contributed by atoms with van der Waals surface area (Å²) in [5.41, 5.74) is -0.202. The topological polar surface area (TPSA) is 58.0 Å². The second-order valence-electron chi connectivity index (χ2n) is 3.89. The maximum Gasteiger partial charge on any atom is 0.119 e. The van der Waals surface area contributed by atoms with Crippen LogP contribution in [0.25, 0.3) is 0 Å². The molecule has 1 fully saturated rings. The minimum absolute atomic E-state index is 0.109. The second-order valence-corrected chi connectivity index (χ2v) is 3.89. The standard InChI is InChI=1S/C10H15N3O/c1-10(14,8-3-2-5-12-8)9-4-6-11-7-13-9/h4,6-8,12,14H,2-3,5H2,1H3. The first-order chi connectivity index (χ1) is 6.71. The summed E-state index contributed by atoms with van der Waals surface area (Å²) >= 11 is 0. The molecule has 0 radical (unpaired) electrons. The predicted octanol–water partition coefficient (Wildman–Crippen LogP) is 0.436. The van der Waals surface area contributed by atoms with Crippen molar-refractivity contribution in [3.63, 3.8) is 0 Å². The zero-order chi connectivity index (χ0) is 10.0. The fourth-order valence-corrected chi connectivity index (χ4v) is 1.93. The monoisotopic (exact) mass is 193 g/mol. The SMILES string of the molecule is CC(O)(c1ccncn1)C1CCCN1. The van der Waals surface area contributed by atoms with E-state index in [1.807, 2.05) is 0 Å². The van der Waals surface area contributed by atoms with Crippen LogP contribution in [0.1, 0.15) is 25.5 Å². The van der Waals surface area contributed by atoms with E-state index in [1.165, 1.54) is 6.33 Å². The van der Waals surface area contributed by atoms with Gasteiger partial charge in [-0.25, -0.2) is 9.97 Å². The molecular weight excluding hydrogens is 178 g/mol. The summed E-state index contributed by atoms with van der Waals surface area (Å²) in [6, 6.07) is 1.87. The molecule has 1 aromatic heterocycles. The van der Waals surface area contributed by atoms with Gasteiger partial charge in [-0.3, -0.25) is 0 Å². The van der Waals surface area contributed by atoms with Crippen LogP contribution in [0, 0.1) is 0 Å². The number of nitrogens with one attached hydrogen (secondary N) is 1. The number of aromatic nitrogens is 2. The van der Waals surface area contributed by atoms with Gasteiger partial charge < -0.3 is 10.4 Å². The van der Waals surface area contributed by atoms with Crippen molar-refractivity contribution in [1.29, 1.82) is 0 Å². The minimum atomic E-state index is -0.889. The van der Waals surface area contributed by atoms with Crippen molar-refractivity contribution in [2.24, 2.45) is 0 Å². The zero-order valence-corrected chi connectivity index (χ0v) is 8.27. The lowest BCUT2D eigenvalue weighted by Gasteiger charge is -2.29. The summed E-state index contributed by atoms with van der Waals surface area (Å²) in [5.74, 6) is 0. The third kappa shape index (κ3) is 1.63. The van der Waals surface area contributed by atoms with Crippen molar-refractivity contribution in [3.8, 4) is 0 Å². The first-order valence-corrected chi connectivity index (χ1v) is 4.93. The van der Waals surface area contributed by atoms with Crippen molar-refractivity contribution in [1.82, 2.24) is 15.3 Å². The summed E-state index contributed by atoms with van der Waals surface area (Å²) in [4.78, 5) is 7.94. The highest BCUT2D eigenvalue weighted by atomic mass is 16.3. The lowest BCUT2D eigenvalue weighted by molar-refractivity contribution is 0.0175. The van der Waals surface area contributed by atoms with E-state index in [1.54, 1.807) is 19.2 Å². The Morgan fingerprint density at radius 3 is 3.07 bits per heavy atom. The van der Waals surface area contributed by atoms with Gasteiger partial charge in [0.2, 0.25) is 0 Å². The van der Waals surface area contributed by atoms with E-state index in [0.717, 1.165) is 19.4 Å². The highest BCUT2D eigenvalue weighted by Crippen LogP contribution is 2.27. The Kier molecular flexibility index (Phi) is 2.48. The Balaban J connectivity index is 2.22. The molecule has 0 aliphatic carbocycles. The van der Waals surface area contributed by atoms with E-state index in [9.17, 15) is 5.11 Å². The number of aliphatic hydroxyl groups is 1. The van der Waals surface area contributed by atoms with E-state index in [4.69, 9.17) is 0 Å². The lowest BCUT2D eigenvalue weighted by atomic mass is 9.91. The second kappa shape index (κ2) is 3.63. The van der Waals surface area contributed by atoms with E-state index in [2.05, 4.69) is 15.3 Å². The Labute approximate surface area is 83.4 Å². The van der Waals surface area contributed by atoms with E-state index in [-0.39, 0.29) is 6.04 Å². The van der Waals surface area contributed by atoms with Gasteiger partial charge in [-0.2, -0.15) is 0 Å². The molecule has 2 atom stereocenters. The van der Waals surface area contributed by atoms with Gasteiger partial charge in [-0.1, -0.05) is 0 Å². The van der Waals surface area contributed by atoms with Crippen LogP contribution in [0.3, 0.4) is 0 Å². The summed E-state index contributed by atoms with van der Waals surface area (Å²) in [5, 5.41) is 13.6. The van der Waals surface area contributed by atoms with Gasteiger partial charge in [-0.05, 0) is 32.4 Å². The van der Waals surface area contributed by atoms with Crippen LogP contribution in [0.15, 0.2) is 18.6 Å². The molecule has 1 saturated heterocycles. The normalized spacial score (nSPS) is 26.0. The van der Waals surface area contributed by atoms with Crippen molar-refractivity contribution >= 4 is 0 Å². The van der Waals surface area contributed by atoms with Gasteiger partial charge in [0.15, 0.2) is 0 Å². The molecule has 2 unspecified atom stereocenters. The van der Waals surface area contributed by atoms with Crippen molar-refractivity contribution < 1.29 is 5.11 Å². The maximum atomic E-state index is 10.3. The largest absolute Gasteiger partial charge is 0.382 e. The van der Waals surface area contributed by atoms with Crippen molar-refractivity contribution in [2.75, 3.05) is 6.54 Å². The molecule has 0 bridgehead atoms. The molecule has 2 heterocycles. The average molecular weight is 193 g/mol. The van der Waals surface area contributed by atoms with Gasteiger partial charge in [0, 0.05) is 12.2 Å². The third-order valence-corrected chi connectivity index (χ3v) is 2.84. The maximum absolute atomic E-state index is 10.3.